The fourth-order valence-corrected chi connectivity index (χ4v) is 1.96. The summed E-state index contributed by atoms with van der Waals surface area (Å²) in [4.78, 5) is 2.16. The van der Waals surface area contributed by atoms with E-state index < -0.39 is 11.7 Å². The summed E-state index contributed by atoms with van der Waals surface area (Å²) in [6.07, 6.45) is -4.24. The molecule has 0 aromatic heterocycles. The van der Waals surface area contributed by atoms with E-state index in [1.54, 1.807) is 6.07 Å². The van der Waals surface area contributed by atoms with Gasteiger partial charge in [-0.3, -0.25) is 4.90 Å². The fourth-order valence-electron chi connectivity index (χ4n) is 1.96. The zero-order valence-electron chi connectivity index (χ0n) is 9.30. The Balaban J connectivity index is 2.28. The summed E-state index contributed by atoms with van der Waals surface area (Å²) in [5.41, 5.74) is 1.28. The molecule has 4 heteroatoms. The van der Waals surface area contributed by atoms with Crippen LogP contribution in [0.5, 0.6) is 0 Å². The lowest BCUT2D eigenvalue weighted by Gasteiger charge is -2.18. The zero-order valence-corrected chi connectivity index (χ0v) is 9.30. The van der Waals surface area contributed by atoms with Crippen LogP contribution in [0.3, 0.4) is 0 Å². The van der Waals surface area contributed by atoms with Crippen molar-refractivity contribution in [1.82, 2.24) is 4.90 Å². The van der Waals surface area contributed by atoms with Crippen molar-refractivity contribution in [1.29, 1.82) is 0 Å². The third kappa shape index (κ3) is 2.07. The lowest BCUT2D eigenvalue weighted by atomic mass is 10.1. The van der Waals surface area contributed by atoms with Crippen LogP contribution < -0.4 is 0 Å². The Labute approximate surface area is 92.9 Å². The normalized spacial score (nSPS) is 16.9. The summed E-state index contributed by atoms with van der Waals surface area (Å²) < 4.78 is 37.5. The van der Waals surface area contributed by atoms with Crippen LogP contribution in [0.1, 0.15) is 30.5 Å². The molecule has 1 heterocycles. The highest BCUT2D eigenvalue weighted by atomic mass is 19.4. The number of alkyl halides is 3. The number of nitrogens with zero attached hydrogens (tertiary/aromatic N) is 1. The first-order valence-corrected chi connectivity index (χ1v) is 5.31. The van der Waals surface area contributed by atoms with Gasteiger partial charge in [-0.2, -0.15) is 13.2 Å². The average molecular weight is 229 g/mol. The molecule has 1 aromatic carbocycles. The Bertz CT molecular complexity index is 396. The standard InChI is InChI=1S/C12H14F3N/c1-8(2)16-6-9-3-4-11(12(13,14)15)5-10(9)7-16/h3-5,8H,6-7H2,1-2H3. The number of halogens is 3. The molecule has 0 aliphatic carbocycles. The molecule has 0 saturated carbocycles. The molecule has 1 nitrogen and oxygen atoms in total. The van der Waals surface area contributed by atoms with E-state index in [1.165, 1.54) is 12.1 Å². The third-order valence-corrected chi connectivity index (χ3v) is 3.01. The molecular weight excluding hydrogens is 215 g/mol. The van der Waals surface area contributed by atoms with Crippen LogP contribution in [0.25, 0.3) is 0 Å². The van der Waals surface area contributed by atoms with Crippen molar-refractivity contribution in [2.75, 3.05) is 0 Å². The second-order valence-electron chi connectivity index (χ2n) is 4.48. The minimum atomic E-state index is -4.24. The molecule has 0 bridgehead atoms. The van der Waals surface area contributed by atoms with E-state index in [1.807, 2.05) is 0 Å². The molecule has 0 amide bonds. The highest BCUT2D eigenvalue weighted by Crippen LogP contribution is 2.33. The smallest absolute Gasteiger partial charge is 0.292 e. The molecule has 1 aliphatic heterocycles. The Hall–Kier alpha value is -1.03. The number of rotatable bonds is 1. The second kappa shape index (κ2) is 3.77. The van der Waals surface area contributed by atoms with E-state index >= 15 is 0 Å². The van der Waals surface area contributed by atoms with Crippen molar-refractivity contribution in [2.24, 2.45) is 0 Å². The van der Waals surface area contributed by atoms with E-state index in [9.17, 15) is 13.2 Å². The summed E-state index contributed by atoms with van der Waals surface area (Å²) in [5, 5.41) is 0. The number of hydrogen-bond acceptors (Lipinski definition) is 1. The van der Waals surface area contributed by atoms with E-state index in [0.717, 1.165) is 17.7 Å². The topological polar surface area (TPSA) is 3.24 Å². The van der Waals surface area contributed by atoms with Crippen LogP contribution in [0.2, 0.25) is 0 Å². The Morgan fingerprint density at radius 2 is 1.75 bits per heavy atom. The third-order valence-electron chi connectivity index (χ3n) is 3.01. The Kier molecular flexibility index (Phi) is 2.70. The lowest BCUT2D eigenvalue weighted by molar-refractivity contribution is -0.137. The van der Waals surface area contributed by atoms with Crippen molar-refractivity contribution < 1.29 is 13.2 Å². The molecule has 1 aromatic rings. The number of hydrogen-bond donors (Lipinski definition) is 0. The van der Waals surface area contributed by atoms with Gasteiger partial charge in [0.15, 0.2) is 0 Å². The second-order valence-corrected chi connectivity index (χ2v) is 4.48. The summed E-state index contributed by atoms with van der Waals surface area (Å²) in [7, 11) is 0. The molecule has 0 spiro atoms. The molecule has 2 rings (SSSR count). The number of benzene rings is 1. The molecule has 0 atom stereocenters. The van der Waals surface area contributed by atoms with Crippen LogP contribution in [0.4, 0.5) is 13.2 Å². The first kappa shape index (κ1) is 11.5. The first-order chi connectivity index (χ1) is 7.38. The average Bonchev–Trinajstić information content (AvgIpc) is 2.58. The van der Waals surface area contributed by atoms with Crippen LogP contribution in [0, 0.1) is 0 Å². The molecule has 16 heavy (non-hydrogen) atoms. The molecule has 88 valence electrons. The largest absolute Gasteiger partial charge is 0.416 e. The minimum Gasteiger partial charge on any atom is -0.292 e. The van der Waals surface area contributed by atoms with Gasteiger partial charge in [-0.1, -0.05) is 6.07 Å². The summed E-state index contributed by atoms with van der Waals surface area (Å²) in [5.74, 6) is 0. The Morgan fingerprint density at radius 3 is 2.31 bits per heavy atom. The van der Waals surface area contributed by atoms with Gasteiger partial charge in [0.05, 0.1) is 5.56 Å². The van der Waals surface area contributed by atoms with Crippen molar-refractivity contribution in [3.63, 3.8) is 0 Å². The molecule has 1 aliphatic rings. The van der Waals surface area contributed by atoms with E-state index in [0.29, 0.717) is 12.6 Å². The SMILES string of the molecule is CC(C)N1Cc2ccc(C(F)(F)F)cc2C1. The molecule has 0 unspecified atom stereocenters. The van der Waals surface area contributed by atoms with Gasteiger partial charge in [-0.15, -0.1) is 0 Å². The van der Waals surface area contributed by atoms with Crippen LogP contribution >= 0.6 is 0 Å². The maximum Gasteiger partial charge on any atom is 0.416 e. The monoisotopic (exact) mass is 229 g/mol. The van der Waals surface area contributed by atoms with Gasteiger partial charge in [-0.05, 0) is 37.1 Å². The van der Waals surface area contributed by atoms with Gasteiger partial charge in [0.2, 0.25) is 0 Å². The van der Waals surface area contributed by atoms with Crippen LogP contribution in [-0.2, 0) is 19.3 Å². The van der Waals surface area contributed by atoms with Gasteiger partial charge in [0.1, 0.15) is 0 Å². The Morgan fingerprint density at radius 1 is 1.12 bits per heavy atom. The molecule has 0 radical (unpaired) electrons. The summed E-state index contributed by atoms with van der Waals surface area (Å²) in [6, 6.07) is 4.41. The predicted molar refractivity (Wildman–Crippen MR) is 55.8 cm³/mol. The van der Waals surface area contributed by atoms with E-state index in [4.69, 9.17) is 0 Å². The zero-order chi connectivity index (χ0) is 11.9. The quantitative estimate of drug-likeness (QED) is 0.713. The maximum absolute atomic E-state index is 12.5. The highest BCUT2D eigenvalue weighted by Gasteiger charge is 2.32. The van der Waals surface area contributed by atoms with Gasteiger partial charge in [0.25, 0.3) is 0 Å². The van der Waals surface area contributed by atoms with E-state index in [-0.39, 0.29) is 0 Å². The van der Waals surface area contributed by atoms with Crippen molar-refractivity contribution in [3.8, 4) is 0 Å². The minimum absolute atomic E-state index is 0.363. The molecular formula is C12H14F3N. The van der Waals surface area contributed by atoms with Crippen molar-refractivity contribution >= 4 is 0 Å². The molecule has 0 N–H and O–H groups in total. The first-order valence-electron chi connectivity index (χ1n) is 5.31. The van der Waals surface area contributed by atoms with Crippen molar-refractivity contribution in [2.45, 2.75) is 39.2 Å². The number of fused-ring (bicyclic) bond motifs is 1. The van der Waals surface area contributed by atoms with Gasteiger partial charge in [0, 0.05) is 19.1 Å². The maximum atomic E-state index is 12.5. The van der Waals surface area contributed by atoms with E-state index in [2.05, 4.69) is 18.7 Å². The lowest BCUT2D eigenvalue weighted by Crippen LogP contribution is -2.24. The summed E-state index contributed by atoms with van der Waals surface area (Å²) >= 11 is 0. The van der Waals surface area contributed by atoms with Gasteiger partial charge >= 0.3 is 6.18 Å². The fraction of sp³-hybridized carbons (Fsp3) is 0.500. The van der Waals surface area contributed by atoms with Gasteiger partial charge < -0.3 is 0 Å². The predicted octanol–water partition coefficient (Wildman–Crippen LogP) is 3.43. The highest BCUT2D eigenvalue weighted by molar-refractivity contribution is 5.36. The molecule has 0 fully saturated rings. The molecule has 0 saturated heterocycles. The summed E-state index contributed by atoms with van der Waals surface area (Å²) in [6.45, 7) is 5.48. The van der Waals surface area contributed by atoms with Crippen LogP contribution in [-0.4, -0.2) is 10.9 Å². The van der Waals surface area contributed by atoms with Gasteiger partial charge in [-0.25, -0.2) is 0 Å². The van der Waals surface area contributed by atoms with Crippen molar-refractivity contribution in [3.05, 3.63) is 34.9 Å². The van der Waals surface area contributed by atoms with Crippen LogP contribution in [0.15, 0.2) is 18.2 Å².